The Labute approximate surface area is 201 Å². The number of thioether (sulfide) groups is 1. The highest BCUT2D eigenvalue weighted by Gasteiger charge is 2.66. The second kappa shape index (κ2) is 8.81. The number of hydrogen-bond donors (Lipinski definition) is 2. The molecule has 2 saturated carbocycles. The number of ether oxygens (including phenoxy) is 2. The quantitative estimate of drug-likeness (QED) is 0.586. The Morgan fingerprint density at radius 2 is 2.15 bits per heavy atom. The van der Waals surface area contributed by atoms with E-state index in [4.69, 9.17) is 15.2 Å². The van der Waals surface area contributed by atoms with Crippen molar-refractivity contribution in [2.45, 2.75) is 42.9 Å². The van der Waals surface area contributed by atoms with Crippen LogP contribution in [-0.4, -0.2) is 46.1 Å². The topological polar surface area (TPSA) is 112 Å². The first kappa shape index (κ1) is 23.0. The fourth-order valence-electron chi connectivity index (χ4n) is 4.89. The van der Waals surface area contributed by atoms with Crippen LogP contribution in [0.15, 0.2) is 35.6 Å². The van der Waals surface area contributed by atoms with E-state index in [1.165, 1.54) is 55.6 Å². The van der Waals surface area contributed by atoms with Crippen molar-refractivity contribution in [2.24, 2.45) is 22.6 Å². The number of hydrogen-bond acceptors (Lipinski definition) is 8. The lowest BCUT2D eigenvalue weighted by Crippen LogP contribution is -2.37. The summed E-state index contributed by atoms with van der Waals surface area (Å²) in [7, 11) is 1.65. The molecule has 3 aliphatic rings. The molecule has 2 aliphatic carbocycles. The van der Waals surface area contributed by atoms with Crippen molar-refractivity contribution in [2.75, 3.05) is 25.6 Å². The van der Waals surface area contributed by atoms with E-state index in [1.807, 2.05) is 6.92 Å². The lowest BCUT2D eigenvalue weighted by atomic mass is 9.85. The molecule has 5 rings (SSSR count). The molecule has 34 heavy (non-hydrogen) atoms. The van der Waals surface area contributed by atoms with Crippen LogP contribution in [-0.2, 0) is 10.3 Å². The van der Waals surface area contributed by atoms with E-state index in [1.54, 1.807) is 13.2 Å². The monoisotopic (exact) mass is 485 g/mol. The average Bonchev–Trinajstić information content (AvgIpc) is 3.49. The predicted octanol–water partition coefficient (Wildman–Crippen LogP) is 3.73. The fraction of sp³-hybridized carbons (Fsp3) is 0.500. The normalized spacial score (nSPS) is 27.9. The van der Waals surface area contributed by atoms with E-state index in [0.717, 1.165) is 6.42 Å². The Balaban J connectivity index is 1.31. The number of fused-ring (bicyclic) bond motifs is 1. The zero-order valence-corrected chi connectivity index (χ0v) is 20.0. The number of nitrogens with one attached hydrogen (secondary N) is 1. The van der Waals surface area contributed by atoms with Crippen LogP contribution in [0.2, 0.25) is 0 Å². The third kappa shape index (κ3) is 4.24. The summed E-state index contributed by atoms with van der Waals surface area (Å²) >= 11 is 1.50. The molecule has 2 aromatic rings. The van der Waals surface area contributed by atoms with Gasteiger partial charge in [-0.3, -0.25) is 9.79 Å². The number of carbonyl (C=O) groups excluding carboxylic acids is 1. The molecule has 1 aliphatic heterocycles. The van der Waals surface area contributed by atoms with Gasteiger partial charge in [-0.25, -0.2) is 14.4 Å². The lowest BCUT2D eigenvalue weighted by molar-refractivity contribution is 0.102. The number of amides is 1. The molecule has 10 heteroatoms. The van der Waals surface area contributed by atoms with E-state index < -0.39 is 17.3 Å². The summed E-state index contributed by atoms with van der Waals surface area (Å²) < 4.78 is 25.8. The Hall–Kier alpha value is -2.72. The number of aliphatic imine (C=N–C) groups is 1. The molecule has 1 aromatic carbocycles. The summed E-state index contributed by atoms with van der Waals surface area (Å²) in [6, 6.07) is 4.48. The van der Waals surface area contributed by atoms with Crippen molar-refractivity contribution in [1.82, 2.24) is 9.97 Å². The molecule has 2 heterocycles. The molecule has 0 spiro atoms. The Kier molecular flexibility index (Phi) is 5.97. The minimum atomic E-state index is -0.849. The SMILES string of the molecule is COC[C@]12C[C@H]1[C@@](C)(c1cc(NC(=O)c3cnc(OCC4CCC4)cn3)ccc1F)N=C(N)S2. The van der Waals surface area contributed by atoms with Gasteiger partial charge in [0.1, 0.15) is 11.5 Å². The summed E-state index contributed by atoms with van der Waals surface area (Å²) in [5.74, 6) is 0.223. The van der Waals surface area contributed by atoms with Gasteiger partial charge < -0.3 is 20.5 Å². The van der Waals surface area contributed by atoms with Crippen LogP contribution in [0.25, 0.3) is 0 Å². The summed E-state index contributed by atoms with van der Waals surface area (Å²) in [5.41, 5.74) is 6.26. The summed E-state index contributed by atoms with van der Waals surface area (Å²) in [5, 5.41) is 3.20. The molecule has 2 fully saturated rings. The van der Waals surface area contributed by atoms with Gasteiger partial charge in [0.2, 0.25) is 5.88 Å². The number of carbonyl (C=O) groups is 1. The number of nitrogens with zero attached hydrogens (tertiary/aromatic N) is 3. The third-order valence-electron chi connectivity index (χ3n) is 7.06. The highest BCUT2D eigenvalue weighted by Crippen LogP contribution is 2.66. The van der Waals surface area contributed by atoms with Gasteiger partial charge in [0, 0.05) is 24.3 Å². The first-order valence-electron chi connectivity index (χ1n) is 11.4. The number of methoxy groups -OCH3 is 1. The van der Waals surface area contributed by atoms with Gasteiger partial charge in [0.25, 0.3) is 5.91 Å². The average molecular weight is 486 g/mol. The number of aromatic nitrogens is 2. The zero-order valence-electron chi connectivity index (χ0n) is 19.2. The van der Waals surface area contributed by atoms with Crippen LogP contribution in [0.5, 0.6) is 5.88 Å². The number of rotatable bonds is 8. The second-order valence-electron chi connectivity index (χ2n) is 9.45. The molecule has 3 N–H and O–H groups in total. The van der Waals surface area contributed by atoms with E-state index in [0.29, 0.717) is 41.4 Å². The van der Waals surface area contributed by atoms with Crippen molar-refractivity contribution >= 4 is 28.5 Å². The van der Waals surface area contributed by atoms with Crippen LogP contribution < -0.4 is 15.8 Å². The summed E-state index contributed by atoms with van der Waals surface area (Å²) in [4.78, 5) is 25.7. The van der Waals surface area contributed by atoms with Crippen LogP contribution in [0.1, 0.15) is 48.7 Å². The van der Waals surface area contributed by atoms with Gasteiger partial charge >= 0.3 is 0 Å². The zero-order chi connectivity index (χ0) is 23.9. The highest BCUT2D eigenvalue weighted by atomic mass is 32.2. The van der Waals surface area contributed by atoms with Gasteiger partial charge in [-0.1, -0.05) is 18.2 Å². The molecule has 1 aromatic heterocycles. The number of benzene rings is 1. The minimum Gasteiger partial charge on any atom is -0.476 e. The first-order valence-corrected chi connectivity index (χ1v) is 12.2. The molecule has 0 unspecified atom stereocenters. The van der Waals surface area contributed by atoms with Crippen molar-refractivity contribution < 1.29 is 18.7 Å². The lowest BCUT2D eigenvalue weighted by Gasteiger charge is -2.34. The third-order valence-corrected chi connectivity index (χ3v) is 8.34. The van der Waals surface area contributed by atoms with Gasteiger partial charge in [-0.2, -0.15) is 0 Å². The van der Waals surface area contributed by atoms with E-state index >= 15 is 0 Å². The Morgan fingerprint density at radius 3 is 2.82 bits per heavy atom. The molecular weight excluding hydrogens is 457 g/mol. The number of anilines is 1. The number of halogens is 1. The Morgan fingerprint density at radius 1 is 1.32 bits per heavy atom. The smallest absolute Gasteiger partial charge is 0.275 e. The summed E-state index contributed by atoms with van der Waals surface area (Å²) in [6.07, 6.45) is 7.26. The van der Waals surface area contributed by atoms with Crippen LogP contribution in [0.3, 0.4) is 0 Å². The highest BCUT2D eigenvalue weighted by molar-refractivity contribution is 8.15. The van der Waals surface area contributed by atoms with Gasteiger partial charge in [0.05, 0.1) is 35.9 Å². The maximum Gasteiger partial charge on any atom is 0.275 e. The largest absolute Gasteiger partial charge is 0.476 e. The molecular formula is C24H28FN5O3S. The molecule has 1 amide bonds. The molecule has 180 valence electrons. The summed E-state index contributed by atoms with van der Waals surface area (Å²) in [6.45, 7) is 3.03. The fourth-order valence-corrected chi connectivity index (χ4v) is 6.34. The maximum absolute atomic E-state index is 15.0. The van der Waals surface area contributed by atoms with E-state index in [-0.39, 0.29) is 16.4 Å². The van der Waals surface area contributed by atoms with Crippen LogP contribution in [0.4, 0.5) is 10.1 Å². The maximum atomic E-state index is 15.0. The number of nitrogens with two attached hydrogens (primary N) is 1. The van der Waals surface area contributed by atoms with Crippen molar-refractivity contribution in [3.8, 4) is 5.88 Å². The van der Waals surface area contributed by atoms with Gasteiger partial charge in [-0.05, 0) is 50.3 Å². The molecule has 0 saturated heterocycles. The number of amidine groups is 1. The van der Waals surface area contributed by atoms with Crippen molar-refractivity contribution in [3.05, 3.63) is 47.7 Å². The second-order valence-corrected chi connectivity index (χ2v) is 10.9. The predicted molar refractivity (Wildman–Crippen MR) is 129 cm³/mol. The van der Waals surface area contributed by atoms with Gasteiger partial charge in [-0.15, -0.1) is 0 Å². The van der Waals surface area contributed by atoms with Gasteiger partial charge in [0.15, 0.2) is 5.17 Å². The van der Waals surface area contributed by atoms with Crippen LogP contribution in [0, 0.1) is 17.7 Å². The van der Waals surface area contributed by atoms with E-state index in [2.05, 4.69) is 20.3 Å². The molecule has 8 nitrogen and oxygen atoms in total. The van der Waals surface area contributed by atoms with Crippen molar-refractivity contribution in [3.63, 3.8) is 0 Å². The molecule has 3 atom stereocenters. The first-order chi connectivity index (χ1) is 16.3. The molecule has 0 bridgehead atoms. The van der Waals surface area contributed by atoms with Crippen molar-refractivity contribution in [1.29, 1.82) is 0 Å². The Bertz CT molecular complexity index is 1130. The van der Waals surface area contributed by atoms with Crippen LogP contribution >= 0.6 is 11.8 Å². The molecule has 0 radical (unpaired) electrons. The van der Waals surface area contributed by atoms with E-state index in [9.17, 15) is 9.18 Å². The minimum absolute atomic E-state index is 0.0797. The standard InChI is InChI=1S/C24H28FN5O3S/c1-23(19-9-24(19,13-32-2)34-22(26)30-23)16-8-15(6-7-17(16)25)29-21(31)18-10-28-20(11-27-18)33-12-14-4-3-5-14/h6-8,10-11,14,19H,3-5,9,12-13H2,1-2H3,(H2,26,30)(H,29,31)/t19-,23+,24+/m0/s1.